The van der Waals surface area contributed by atoms with Crippen LogP contribution in [-0.4, -0.2) is 19.0 Å². The topological polar surface area (TPSA) is 120 Å². The Morgan fingerprint density at radius 3 is 2.21 bits per heavy atom. The highest BCUT2D eigenvalue weighted by molar-refractivity contribution is 5.82. The molecule has 122 valence electrons. The van der Waals surface area contributed by atoms with Crippen LogP contribution in [0.1, 0.15) is 0 Å². The van der Waals surface area contributed by atoms with Crippen LogP contribution in [0.4, 0.5) is 0 Å². The van der Waals surface area contributed by atoms with E-state index in [1.54, 1.807) is 0 Å². The first kappa shape index (κ1) is 16.3. The third-order valence-corrected chi connectivity index (χ3v) is 3.28. The van der Waals surface area contributed by atoms with Crippen LogP contribution in [0.25, 0.3) is 28.1 Å². The fourth-order valence-electron chi connectivity index (χ4n) is 2.42. The van der Waals surface area contributed by atoms with Crippen LogP contribution in [0.2, 0.25) is 0 Å². The first-order valence-electron chi connectivity index (χ1n) is 6.84. The molecule has 0 amide bonds. The summed E-state index contributed by atoms with van der Waals surface area (Å²) in [5, 5.41) is 0. The van der Waals surface area contributed by atoms with Gasteiger partial charge in [0.2, 0.25) is 5.78 Å². The summed E-state index contributed by atoms with van der Waals surface area (Å²) in [4.78, 5) is 8.91. The number of hydrogen-bond acceptors (Lipinski definition) is 6. The number of nitrogens with zero attached hydrogens (tertiary/aromatic N) is 3. The largest absolute Gasteiger partial charge is 0.276 e. The van der Waals surface area contributed by atoms with Crippen molar-refractivity contribution in [3.05, 3.63) is 66.9 Å². The molecule has 0 aliphatic heterocycles. The van der Waals surface area contributed by atoms with Crippen molar-refractivity contribution < 1.29 is 28.9 Å². The van der Waals surface area contributed by atoms with E-state index in [1.165, 1.54) is 0 Å². The lowest BCUT2D eigenvalue weighted by Gasteiger charge is -2.05. The molecule has 0 aliphatic carbocycles. The molecule has 0 unspecified atom stereocenters. The van der Waals surface area contributed by atoms with Crippen molar-refractivity contribution >= 4 is 16.8 Å². The molecule has 24 heavy (non-hydrogen) atoms. The number of aromatic nitrogens is 3. The Morgan fingerprint density at radius 2 is 1.50 bits per heavy atom. The van der Waals surface area contributed by atoms with E-state index >= 15 is 0 Å². The van der Waals surface area contributed by atoms with Crippen LogP contribution in [0, 0.1) is 10.2 Å². The molecule has 4 rings (SSSR count). The monoisotopic (exact) mass is 345 g/mol. The van der Waals surface area contributed by atoms with Crippen molar-refractivity contribution in [3.8, 4) is 11.3 Å². The lowest BCUT2D eigenvalue weighted by atomic mass is 10.1. The van der Waals surface area contributed by atoms with E-state index in [1.807, 2.05) is 48.7 Å². The molecule has 2 heterocycles. The predicted octanol–water partition coefficient (Wildman–Crippen LogP) is -0.574. The Hall–Kier alpha value is -2.55. The minimum absolute atomic E-state index is 0.738. The number of rotatable bonds is 1. The van der Waals surface area contributed by atoms with Gasteiger partial charge in [0.15, 0.2) is 0 Å². The van der Waals surface area contributed by atoms with Gasteiger partial charge in [-0.15, -0.1) is 0 Å². The van der Waals surface area contributed by atoms with E-state index in [2.05, 4.69) is 32.6 Å². The van der Waals surface area contributed by atoms with Crippen LogP contribution in [0.3, 0.4) is 0 Å². The zero-order valence-corrected chi connectivity index (χ0v) is 13.0. The first-order valence-corrected chi connectivity index (χ1v) is 8.11. The van der Waals surface area contributed by atoms with Gasteiger partial charge < -0.3 is 0 Å². The molecule has 0 saturated carbocycles. The molecule has 0 spiro atoms. The van der Waals surface area contributed by atoms with E-state index in [9.17, 15) is 0 Å². The Balaban J connectivity index is 0.000000300. The van der Waals surface area contributed by atoms with Gasteiger partial charge in [0.05, 0.1) is 31.6 Å². The Bertz CT molecular complexity index is 961. The van der Waals surface area contributed by atoms with Gasteiger partial charge in [-0.25, -0.2) is 9.97 Å². The van der Waals surface area contributed by atoms with Gasteiger partial charge in [-0.2, -0.15) is 14.0 Å². The normalized spacial score (nSPS) is 11.3. The molecule has 0 bridgehead atoms. The van der Waals surface area contributed by atoms with Crippen molar-refractivity contribution in [2.45, 2.75) is 0 Å². The van der Waals surface area contributed by atoms with Crippen molar-refractivity contribution in [1.29, 1.82) is 0 Å². The quantitative estimate of drug-likeness (QED) is 0.493. The van der Waals surface area contributed by atoms with E-state index in [0.29, 0.717) is 0 Å². The maximum absolute atomic E-state index is 8.60. The van der Waals surface area contributed by atoms with E-state index < -0.39 is 10.2 Å². The van der Waals surface area contributed by atoms with Crippen LogP contribution in [0.15, 0.2) is 66.9 Å². The highest BCUT2D eigenvalue weighted by Gasteiger charge is 2.09. The minimum Gasteiger partial charge on any atom is -0.276 e. The van der Waals surface area contributed by atoms with Crippen LogP contribution in [0.5, 0.6) is 0 Å². The Kier molecular flexibility index (Phi) is 4.43. The standard InChI is InChI=1S/C16H11N3.ClHO4/c1-2-6-12(7-3-1)14-10-11-17-16-18-13-8-4-5-9-15(13)19(14)16;2-1(3,4)5/h1-11H;(H,2,3,4,5). The van der Waals surface area contributed by atoms with E-state index in [-0.39, 0.29) is 0 Å². The number of imidazole rings is 1. The van der Waals surface area contributed by atoms with Gasteiger partial charge in [0.25, 0.3) is 0 Å². The van der Waals surface area contributed by atoms with Gasteiger partial charge in [-0.3, -0.25) is 4.40 Å². The van der Waals surface area contributed by atoms with Crippen LogP contribution < -0.4 is 14.0 Å². The number of halogens is 1. The fourth-order valence-corrected chi connectivity index (χ4v) is 2.42. The predicted molar refractivity (Wildman–Crippen MR) is 78.1 cm³/mol. The van der Waals surface area contributed by atoms with Crippen molar-refractivity contribution in [3.63, 3.8) is 0 Å². The summed E-state index contributed by atoms with van der Waals surface area (Å²) in [6.45, 7) is 0. The smallest absolute Gasteiger partial charge is 0.235 e. The zero-order chi connectivity index (χ0) is 17.2. The summed E-state index contributed by atoms with van der Waals surface area (Å²) >= 11 is 0. The number of fused-ring (bicyclic) bond motifs is 3. The van der Waals surface area contributed by atoms with Gasteiger partial charge in [-0.05, 0) is 23.8 Å². The number of benzene rings is 2. The average Bonchev–Trinajstić information content (AvgIpc) is 2.93. The molecular weight excluding hydrogens is 334 g/mol. The zero-order valence-electron chi connectivity index (χ0n) is 12.2. The van der Waals surface area contributed by atoms with Crippen molar-refractivity contribution in [1.82, 2.24) is 14.4 Å². The third kappa shape index (κ3) is 3.67. The molecule has 1 N–H and O–H groups in total. The lowest BCUT2D eigenvalue weighted by molar-refractivity contribution is -1.92. The molecule has 0 saturated heterocycles. The molecule has 0 aliphatic rings. The summed E-state index contributed by atoms with van der Waals surface area (Å²) < 4.78 is 34.8. The van der Waals surface area contributed by atoms with E-state index in [4.69, 9.17) is 18.6 Å². The van der Waals surface area contributed by atoms with Gasteiger partial charge in [0.1, 0.15) is 0 Å². The number of para-hydroxylation sites is 2. The third-order valence-electron chi connectivity index (χ3n) is 3.28. The summed E-state index contributed by atoms with van der Waals surface area (Å²) in [7, 11) is -4.69. The van der Waals surface area contributed by atoms with Gasteiger partial charge in [-0.1, -0.05) is 42.5 Å². The highest BCUT2D eigenvalue weighted by atomic mass is 35.7. The lowest BCUT2D eigenvalue weighted by Crippen LogP contribution is -2.58. The summed E-state index contributed by atoms with van der Waals surface area (Å²) in [5.74, 6) is 0.738. The summed E-state index contributed by atoms with van der Waals surface area (Å²) in [6, 6.07) is 20.4. The molecular formula is C16H12ClN3O4. The van der Waals surface area contributed by atoms with E-state index in [0.717, 1.165) is 28.1 Å². The molecule has 0 radical (unpaired) electrons. The molecule has 8 heteroatoms. The molecule has 2 aromatic carbocycles. The van der Waals surface area contributed by atoms with Crippen molar-refractivity contribution in [2.24, 2.45) is 0 Å². The minimum atomic E-state index is -4.69. The maximum atomic E-state index is 8.60. The first-order chi connectivity index (χ1) is 11.4. The SMILES string of the molecule is [O-][Cl+3]([O-])([O-])O.c1ccc(-c2ccnc3nc4ccccc4n23)cc1. The number of hydrogen-bond donors (Lipinski definition) is 1. The second-order valence-corrected chi connectivity index (χ2v) is 5.62. The van der Waals surface area contributed by atoms with Crippen LogP contribution in [-0.2, 0) is 0 Å². The molecule has 0 fully saturated rings. The second kappa shape index (κ2) is 6.52. The summed E-state index contributed by atoms with van der Waals surface area (Å²) in [5.41, 5.74) is 4.33. The molecule has 2 aromatic heterocycles. The van der Waals surface area contributed by atoms with Gasteiger partial charge in [0, 0.05) is 6.20 Å². The molecule has 4 aromatic rings. The Labute approximate surface area is 138 Å². The van der Waals surface area contributed by atoms with Crippen molar-refractivity contribution in [2.75, 3.05) is 0 Å². The molecule has 0 atom stereocenters. The van der Waals surface area contributed by atoms with Gasteiger partial charge >= 0.3 is 0 Å². The second-order valence-electron chi connectivity index (χ2n) is 4.83. The van der Waals surface area contributed by atoms with Crippen LogP contribution >= 0.6 is 0 Å². The summed E-state index contributed by atoms with van der Waals surface area (Å²) in [6.07, 6.45) is 1.81. The fraction of sp³-hybridized carbons (Fsp3) is 0. The Morgan fingerprint density at radius 1 is 0.875 bits per heavy atom. The average molecular weight is 346 g/mol. The molecule has 7 nitrogen and oxygen atoms in total. The maximum Gasteiger partial charge on any atom is 0.235 e. The highest BCUT2D eigenvalue weighted by Crippen LogP contribution is 2.24.